The van der Waals surface area contributed by atoms with Gasteiger partial charge in [-0.3, -0.25) is 0 Å². The minimum atomic E-state index is -0.605. The summed E-state index contributed by atoms with van der Waals surface area (Å²) in [5.74, 6) is 1.59. The Balaban J connectivity index is 1.63. The van der Waals surface area contributed by atoms with Crippen molar-refractivity contribution in [3.05, 3.63) is 41.5 Å². The van der Waals surface area contributed by atoms with Crippen molar-refractivity contribution >= 4 is 39.3 Å². The van der Waals surface area contributed by atoms with E-state index in [-0.39, 0.29) is 29.7 Å². The summed E-state index contributed by atoms with van der Waals surface area (Å²) < 4.78 is 48.4. The third kappa shape index (κ3) is 4.60. The van der Waals surface area contributed by atoms with Crippen molar-refractivity contribution in [2.24, 2.45) is 11.8 Å². The van der Waals surface area contributed by atoms with E-state index in [0.717, 1.165) is 13.1 Å². The van der Waals surface area contributed by atoms with Crippen molar-refractivity contribution in [3.63, 3.8) is 0 Å². The van der Waals surface area contributed by atoms with Gasteiger partial charge >= 0.3 is 0 Å². The summed E-state index contributed by atoms with van der Waals surface area (Å²) in [5, 5.41) is 2.22. The van der Waals surface area contributed by atoms with Crippen molar-refractivity contribution in [2.45, 2.75) is 37.8 Å². The molecule has 2 aromatic carbocycles. The van der Waals surface area contributed by atoms with Crippen LogP contribution in [-0.2, 0) is 11.2 Å². The monoisotopic (exact) mass is 566 g/mol. The molecular formula is C30H32F2N4O3S. The van der Waals surface area contributed by atoms with E-state index in [0.29, 0.717) is 62.3 Å². The van der Waals surface area contributed by atoms with Gasteiger partial charge in [0.05, 0.1) is 7.11 Å². The minimum Gasteiger partial charge on any atom is -0.480 e. The van der Waals surface area contributed by atoms with Gasteiger partial charge in [0.2, 0.25) is 5.88 Å². The van der Waals surface area contributed by atoms with E-state index in [4.69, 9.17) is 24.2 Å². The lowest BCUT2D eigenvalue weighted by Crippen LogP contribution is -2.37. The molecule has 2 atom stereocenters. The molecule has 2 aromatic heterocycles. The quantitative estimate of drug-likeness (QED) is 0.134. The van der Waals surface area contributed by atoms with Gasteiger partial charge in [-0.2, -0.15) is 0 Å². The average molecular weight is 567 g/mol. The number of ether oxygens (including phenoxy) is 3. The molecule has 2 unspecified atom stereocenters. The number of aryl methyl sites for hydroxylation is 1. The Hall–Kier alpha value is -3.24. The lowest BCUT2D eigenvalue weighted by Gasteiger charge is -2.33. The van der Waals surface area contributed by atoms with E-state index in [1.807, 2.05) is 13.2 Å². The van der Waals surface area contributed by atoms with Crippen molar-refractivity contribution in [2.75, 3.05) is 45.3 Å². The van der Waals surface area contributed by atoms with Crippen molar-refractivity contribution in [1.82, 2.24) is 15.0 Å². The van der Waals surface area contributed by atoms with E-state index < -0.39 is 5.82 Å². The fourth-order valence-electron chi connectivity index (χ4n) is 6.36. The fraction of sp³-hybridized carbons (Fsp3) is 0.433. The fourth-order valence-corrected chi connectivity index (χ4v) is 6.72. The molecule has 0 amide bonds. The van der Waals surface area contributed by atoms with Crippen molar-refractivity contribution < 1.29 is 23.0 Å². The molecule has 40 heavy (non-hydrogen) atoms. The summed E-state index contributed by atoms with van der Waals surface area (Å²) >= 11 is 1.36. The first-order valence-corrected chi connectivity index (χ1v) is 14.8. The molecule has 0 spiro atoms. The average Bonchev–Trinajstić information content (AvgIpc) is 3.32. The number of hydrogen-bond donors (Lipinski definition) is 0. The molecule has 2 bridgehead atoms. The second-order valence-corrected chi connectivity index (χ2v) is 11.3. The first-order chi connectivity index (χ1) is 19.4. The highest BCUT2D eigenvalue weighted by Gasteiger charge is 2.35. The standard InChI is InChI=1S/C30H32F2N4O3S/c1-5-20-22(31)9-8-18-11-19(39-15-37-2)12-21(23(18)20)26-25(32)27-24(29(33-26)38-3)28(35-30(34-27)40-4)36-13-16-6-7-17(10-16)14-36/h8-9,11-12,16-17H,5-7,10,13-15H2,1-4H3. The third-order valence-corrected chi connectivity index (χ3v) is 8.64. The third-order valence-electron chi connectivity index (χ3n) is 8.09. The Labute approximate surface area is 236 Å². The van der Waals surface area contributed by atoms with Crippen LogP contribution in [0.1, 0.15) is 31.7 Å². The number of anilines is 1. The van der Waals surface area contributed by atoms with Crippen LogP contribution < -0.4 is 14.4 Å². The predicted molar refractivity (Wildman–Crippen MR) is 153 cm³/mol. The molecule has 210 valence electrons. The molecule has 0 N–H and O–H groups in total. The van der Waals surface area contributed by atoms with Crippen molar-refractivity contribution in [3.8, 4) is 22.9 Å². The first-order valence-electron chi connectivity index (χ1n) is 13.6. The number of piperidine rings is 1. The van der Waals surface area contributed by atoms with Gasteiger partial charge in [0.1, 0.15) is 34.0 Å². The molecule has 0 radical (unpaired) electrons. The zero-order chi connectivity index (χ0) is 28.0. The molecule has 10 heteroatoms. The number of rotatable bonds is 8. The molecule has 1 saturated heterocycles. The SMILES string of the molecule is CCc1c(F)ccc2cc(OCOC)cc(-c3nc(OC)c4c(N5CC6CCC(C6)C5)nc(SC)nc4c3F)c12. The molecule has 4 aromatic rings. The van der Waals surface area contributed by atoms with Gasteiger partial charge in [-0.15, -0.1) is 0 Å². The van der Waals surface area contributed by atoms with E-state index in [1.165, 1.54) is 51.3 Å². The first kappa shape index (κ1) is 27.0. The molecule has 7 nitrogen and oxygen atoms in total. The van der Waals surface area contributed by atoms with Gasteiger partial charge < -0.3 is 19.1 Å². The van der Waals surface area contributed by atoms with Crippen LogP contribution in [0.2, 0.25) is 0 Å². The maximum absolute atomic E-state index is 16.8. The number of pyridine rings is 1. The summed E-state index contributed by atoms with van der Waals surface area (Å²) in [4.78, 5) is 16.4. The highest BCUT2D eigenvalue weighted by atomic mass is 32.2. The lowest BCUT2D eigenvalue weighted by atomic mass is 9.94. The second kappa shape index (κ2) is 11.0. The van der Waals surface area contributed by atoms with Gasteiger partial charge in [0, 0.05) is 25.8 Å². The zero-order valence-corrected chi connectivity index (χ0v) is 23.9. The Kier molecular flexibility index (Phi) is 7.39. The molecule has 1 saturated carbocycles. The van der Waals surface area contributed by atoms with Crippen LogP contribution in [0.5, 0.6) is 11.6 Å². The number of aromatic nitrogens is 3. The molecular weight excluding hydrogens is 534 g/mol. The normalized spacial score (nSPS) is 18.6. The Morgan fingerprint density at radius 2 is 1.80 bits per heavy atom. The predicted octanol–water partition coefficient (Wildman–Crippen LogP) is 6.64. The smallest absolute Gasteiger partial charge is 0.227 e. The summed E-state index contributed by atoms with van der Waals surface area (Å²) in [5.41, 5.74) is 1.04. The molecule has 1 aliphatic heterocycles. The van der Waals surface area contributed by atoms with Crippen LogP contribution in [0.15, 0.2) is 29.4 Å². The van der Waals surface area contributed by atoms with Gasteiger partial charge in [-0.1, -0.05) is 24.8 Å². The van der Waals surface area contributed by atoms with Crippen LogP contribution in [-0.4, -0.2) is 55.3 Å². The van der Waals surface area contributed by atoms with Gasteiger partial charge in [-0.05, 0) is 78.3 Å². The highest BCUT2D eigenvalue weighted by Crippen LogP contribution is 2.44. The van der Waals surface area contributed by atoms with Gasteiger partial charge in [-0.25, -0.2) is 23.7 Å². The number of hydrogen-bond acceptors (Lipinski definition) is 8. The number of halogens is 2. The Morgan fingerprint density at radius 1 is 1.02 bits per heavy atom. The van der Waals surface area contributed by atoms with Gasteiger partial charge in [0.15, 0.2) is 17.8 Å². The van der Waals surface area contributed by atoms with E-state index in [1.54, 1.807) is 18.2 Å². The number of fused-ring (bicyclic) bond motifs is 4. The zero-order valence-electron chi connectivity index (χ0n) is 23.1. The number of nitrogens with zero attached hydrogens (tertiary/aromatic N) is 4. The molecule has 1 aliphatic carbocycles. The van der Waals surface area contributed by atoms with Crippen LogP contribution in [0.4, 0.5) is 14.6 Å². The van der Waals surface area contributed by atoms with E-state index >= 15 is 8.78 Å². The topological polar surface area (TPSA) is 69.6 Å². The van der Waals surface area contributed by atoms with Crippen LogP contribution in [0.25, 0.3) is 32.9 Å². The lowest BCUT2D eigenvalue weighted by molar-refractivity contribution is 0.0512. The number of methoxy groups -OCH3 is 2. The molecule has 2 fully saturated rings. The maximum Gasteiger partial charge on any atom is 0.227 e. The minimum absolute atomic E-state index is 0.00915. The maximum atomic E-state index is 16.8. The summed E-state index contributed by atoms with van der Waals surface area (Å²) in [6.07, 6.45) is 5.94. The largest absolute Gasteiger partial charge is 0.480 e. The molecule has 2 aliphatic rings. The number of benzene rings is 2. The van der Waals surface area contributed by atoms with E-state index in [2.05, 4.69) is 9.88 Å². The Morgan fingerprint density at radius 3 is 2.48 bits per heavy atom. The highest BCUT2D eigenvalue weighted by molar-refractivity contribution is 7.98. The molecule has 3 heterocycles. The van der Waals surface area contributed by atoms with Crippen LogP contribution in [0, 0.1) is 23.5 Å². The summed E-state index contributed by atoms with van der Waals surface area (Å²) in [7, 11) is 3.04. The van der Waals surface area contributed by atoms with E-state index in [9.17, 15) is 0 Å². The second-order valence-electron chi connectivity index (χ2n) is 10.5. The Bertz CT molecular complexity index is 1590. The summed E-state index contributed by atoms with van der Waals surface area (Å²) in [6, 6.07) is 6.56. The van der Waals surface area contributed by atoms with Crippen LogP contribution in [0.3, 0.4) is 0 Å². The summed E-state index contributed by atoms with van der Waals surface area (Å²) in [6.45, 7) is 3.62. The van der Waals surface area contributed by atoms with Gasteiger partial charge in [0.25, 0.3) is 0 Å². The van der Waals surface area contributed by atoms with Crippen molar-refractivity contribution in [1.29, 1.82) is 0 Å². The number of thioether (sulfide) groups is 1. The molecule has 6 rings (SSSR count). The van der Waals surface area contributed by atoms with Crippen LogP contribution >= 0.6 is 11.8 Å².